The molecule has 2 aliphatic carbocycles. The quantitative estimate of drug-likeness (QED) is 0.271. The molecule has 4 amide bonds. The molecule has 9 rings (SSSR count). The van der Waals surface area contributed by atoms with E-state index in [9.17, 15) is 23.2 Å². The predicted octanol–water partition coefficient (Wildman–Crippen LogP) is 4.44. The Kier molecular flexibility index (Phi) is 7.46. The lowest BCUT2D eigenvalue weighted by molar-refractivity contribution is -0.120. The molecule has 14 heteroatoms. The smallest absolute Gasteiger partial charge is 0.328 e. The molecular weight excluding hydrogens is 656 g/mol. The van der Waals surface area contributed by atoms with Gasteiger partial charge in [-0.15, -0.1) is 0 Å². The molecule has 4 fully saturated rings. The fraction of sp³-hybridized carbons (Fsp3) is 0.486. The molecule has 0 unspecified atom stereocenters. The van der Waals surface area contributed by atoms with Crippen LogP contribution in [-0.4, -0.2) is 106 Å². The molecule has 2 atom stereocenters. The second-order valence-electron chi connectivity index (χ2n) is 15.1. The largest absolute Gasteiger partial charge is 0.357 e. The molecule has 266 valence electrons. The van der Waals surface area contributed by atoms with Gasteiger partial charge in [0.05, 0.1) is 17.6 Å². The molecule has 0 bridgehead atoms. The van der Waals surface area contributed by atoms with Crippen molar-refractivity contribution >= 4 is 40.3 Å². The number of nitrogens with zero attached hydrogens (tertiary/aromatic N) is 6. The summed E-state index contributed by atoms with van der Waals surface area (Å²) in [5.41, 5.74) is 4.30. The van der Waals surface area contributed by atoms with Crippen molar-refractivity contribution in [2.45, 2.75) is 45.0 Å². The minimum Gasteiger partial charge on any atom is -0.357 e. The number of anilines is 2. The first-order valence-corrected chi connectivity index (χ1v) is 18.0. The van der Waals surface area contributed by atoms with E-state index in [4.69, 9.17) is 0 Å². The number of rotatable bonds is 6. The lowest BCUT2D eigenvalue weighted by atomic mass is 9.87. The number of amides is 4. The summed E-state index contributed by atoms with van der Waals surface area (Å²) >= 11 is 0. The molecule has 1 saturated carbocycles. The van der Waals surface area contributed by atoms with Crippen molar-refractivity contribution in [1.82, 2.24) is 35.3 Å². The zero-order chi connectivity index (χ0) is 35.1. The monoisotopic (exact) mass is 697 g/mol. The van der Waals surface area contributed by atoms with Gasteiger partial charge in [0.25, 0.3) is 11.8 Å². The van der Waals surface area contributed by atoms with Crippen molar-refractivity contribution in [2.24, 2.45) is 17.3 Å². The third kappa shape index (κ3) is 5.45. The summed E-state index contributed by atoms with van der Waals surface area (Å²) in [5.74, 6) is -2.05. The van der Waals surface area contributed by atoms with Gasteiger partial charge in [0, 0.05) is 104 Å². The Balaban J connectivity index is 0.767. The van der Waals surface area contributed by atoms with E-state index in [2.05, 4.69) is 35.3 Å². The SMILES string of the molecule is C[C@@]12Cc3[nH]nc(-c4cc5ccc(C(=O)N6CCN(CC7CCN(c8ccc(N9CCC(=O)NC9=O)cn8)CC7)CC6)cc5[nH]4)c3C[C@@H]1C2(F)F. The molecule has 0 spiro atoms. The molecule has 3 N–H and O–H groups in total. The zero-order valence-corrected chi connectivity index (χ0v) is 28.6. The van der Waals surface area contributed by atoms with Gasteiger partial charge in [-0.1, -0.05) is 13.0 Å². The maximum absolute atomic E-state index is 14.5. The van der Waals surface area contributed by atoms with Gasteiger partial charge in [0.1, 0.15) is 11.5 Å². The Morgan fingerprint density at radius 3 is 2.55 bits per heavy atom. The van der Waals surface area contributed by atoms with Crippen LogP contribution in [0.3, 0.4) is 0 Å². The third-order valence-corrected chi connectivity index (χ3v) is 12.1. The van der Waals surface area contributed by atoms with E-state index in [1.165, 1.54) is 0 Å². The lowest BCUT2D eigenvalue weighted by Crippen LogP contribution is -2.50. The van der Waals surface area contributed by atoms with Crippen LogP contribution < -0.4 is 15.1 Å². The van der Waals surface area contributed by atoms with Crippen LogP contribution in [0.2, 0.25) is 0 Å². The number of benzene rings is 1. The van der Waals surface area contributed by atoms with Gasteiger partial charge in [0.15, 0.2) is 0 Å². The predicted molar refractivity (Wildman–Crippen MR) is 187 cm³/mol. The van der Waals surface area contributed by atoms with Gasteiger partial charge >= 0.3 is 6.03 Å². The van der Waals surface area contributed by atoms with E-state index >= 15 is 0 Å². The highest BCUT2D eigenvalue weighted by Crippen LogP contribution is 2.70. The van der Waals surface area contributed by atoms with Crippen molar-refractivity contribution in [2.75, 3.05) is 62.2 Å². The Hall–Kier alpha value is -4.85. The summed E-state index contributed by atoms with van der Waals surface area (Å²) in [5, 5.41) is 10.8. The van der Waals surface area contributed by atoms with Crippen LogP contribution in [-0.2, 0) is 17.6 Å². The van der Waals surface area contributed by atoms with E-state index in [0.717, 1.165) is 79.2 Å². The number of hydrogen-bond acceptors (Lipinski definition) is 7. The fourth-order valence-electron chi connectivity index (χ4n) is 8.78. The number of piperidine rings is 1. The van der Waals surface area contributed by atoms with Crippen molar-refractivity contribution in [3.8, 4) is 11.4 Å². The number of halogens is 2. The van der Waals surface area contributed by atoms with E-state index < -0.39 is 23.3 Å². The van der Waals surface area contributed by atoms with Gasteiger partial charge in [-0.3, -0.25) is 29.8 Å². The molecular formula is C37H41F2N9O3. The molecule has 6 heterocycles. The highest BCUT2D eigenvalue weighted by Gasteiger charge is 2.78. The fourth-order valence-corrected chi connectivity index (χ4v) is 8.78. The second kappa shape index (κ2) is 11.9. The molecule has 5 aliphatic rings. The van der Waals surface area contributed by atoms with Crippen LogP contribution in [0, 0.1) is 17.3 Å². The summed E-state index contributed by atoms with van der Waals surface area (Å²) < 4.78 is 28.9. The van der Waals surface area contributed by atoms with Gasteiger partial charge in [-0.2, -0.15) is 5.10 Å². The van der Waals surface area contributed by atoms with E-state index in [0.29, 0.717) is 55.3 Å². The maximum atomic E-state index is 14.5. The molecule has 12 nitrogen and oxygen atoms in total. The number of nitrogens with one attached hydrogen (secondary N) is 3. The van der Waals surface area contributed by atoms with Crippen LogP contribution in [0.1, 0.15) is 47.8 Å². The van der Waals surface area contributed by atoms with Gasteiger partial charge in [0.2, 0.25) is 5.91 Å². The number of aromatic amines is 2. The van der Waals surface area contributed by atoms with Crippen molar-refractivity contribution < 1.29 is 23.2 Å². The molecule has 3 saturated heterocycles. The topological polar surface area (TPSA) is 134 Å². The molecule has 0 radical (unpaired) electrons. The van der Waals surface area contributed by atoms with Gasteiger partial charge < -0.3 is 14.8 Å². The zero-order valence-electron chi connectivity index (χ0n) is 28.6. The number of hydrogen-bond donors (Lipinski definition) is 3. The van der Waals surface area contributed by atoms with E-state index in [1.54, 1.807) is 18.0 Å². The minimum atomic E-state index is -2.64. The number of carbonyl (C=O) groups excluding carboxylic acids is 3. The van der Waals surface area contributed by atoms with Gasteiger partial charge in [-0.05, 0) is 55.5 Å². The van der Waals surface area contributed by atoms with Crippen molar-refractivity contribution in [3.05, 3.63) is 59.4 Å². The Morgan fingerprint density at radius 2 is 1.80 bits per heavy atom. The number of urea groups is 1. The number of piperazine rings is 1. The van der Waals surface area contributed by atoms with Crippen LogP contribution in [0.15, 0.2) is 42.6 Å². The summed E-state index contributed by atoms with van der Waals surface area (Å²) in [6.07, 6.45) is 4.72. The number of aromatic nitrogens is 4. The molecule has 4 aromatic rings. The maximum Gasteiger partial charge on any atom is 0.328 e. The molecule has 3 aliphatic heterocycles. The highest BCUT2D eigenvalue weighted by atomic mass is 19.3. The molecule has 51 heavy (non-hydrogen) atoms. The van der Waals surface area contributed by atoms with Crippen LogP contribution >= 0.6 is 0 Å². The number of carbonyl (C=O) groups is 3. The van der Waals surface area contributed by atoms with E-state index in [-0.39, 0.29) is 18.2 Å². The van der Waals surface area contributed by atoms with Gasteiger partial charge in [-0.25, -0.2) is 18.6 Å². The highest BCUT2D eigenvalue weighted by molar-refractivity contribution is 6.05. The first kappa shape index (κ1) is 32.1. The average Bonchev–Trinajstić information content (AvgIpc) is 3.52. The standard InChI is InChI=1S/C37H41F2N9O3/c1-36-19-29-26(18-30(36)37(36,38)39)33(44-43-29)28-16-23-2-3-24(17-27(23)41-28)34(50)47-14-12-45(13-15-47)21-22-6-9-46(10-7-22)31-5-4-25(20-40-31)48-11-8-32(49)42-35(48)51/h2-5,16-17,20,22,30,41H,6-15,18-19,21H2,1H3,(H,43,44)(H,42,49,51)/t30-,36+/m0/s1. The Bertz CT molecular complexity index is 2030. The number of H-pyrrole nitrogens is 2. The summed E-state index contributed by atoms with van der Waals surface area (Å²) in [7, 11) is 0. The Labute approximate surface area is 293 Å². The van der Waals surface area contributed by atoms with E-state index in [1.807, 2.05) is 41.3 Å². The van der Waals surface area contributed by atoms with Crippen LogP contribution in [0.5, 0.6) is 0 Å². The Morgan fingerprint density at radius 1 is 1.00 bits per heavy atom. The first-order chi connectivity index (χ1) is 24.6. The number of fused-ring (bicyclic) bond motifs is 3. The first-order valence-electron chi connectivity index (χ1n) is 18.0. The molecule has 3 aromatic heterocycles. The summed E-state index contributed by atoms with van der Waals surface area (Å²) in [6, 6.07) is 11.1. The lowest BCUT2D eigenvalue weighted by Gasteiger charge is -2.39. The number of pyridine rings is 1. The van der Waals surface area contributed by atoms with Crippen molar-refractivity contribution in [1.29, 1.82) is 0 Å². The summed E-state index contributed by atoms with van der Waals surface area (Å²) in [6.45, 7) is 7.88. The number of imide groups is 1. The normalized spacial score (nSPS) is 25.2. The average molecular weight is 698 g/mol. The molecule has 1 aromatic carbocycles. The number of alkyl halides is 2. The minimum absolute atomic E-state index is 0.0151. The van der Waals surface area contributed by atoms with Crippen LogP contribution in [0.4, 0.5) is 25.1 Å². The van der Waals surface area contributed by atoms with Crippen LogP contribution in [0.25, 0.3) is 22.3 Å². The summed E-state index contributed by atoms with van der Waals surface area (Å²) in [4.78, 5) is 53.4. The second-order valence-corrected chi connectivity index (χ2v) is 15.1. The third-order valence-electron chi connectivity index (χ3n) is 12.1. The van der Waals surface area contributed by atoms with Crippen molar-refractivity contribution in [3.63, 3.8) is 0 Å².